The molecule has 0 aromatic carbocycles. The van der Waals surface area contributed by atoms with Crippen LogP contribution in [0.1, 0.15) is 51.4 Å². The van der Waals surface area contributed by atoms with E-state index in [2.05, 4.69) is 4.90 Å². The third-order valence-corrected chi connectivity index (χ3v) is 3.80. The summed E-state index contributed by atoms with van der Waals surface area (Å²) in [5.74, 6) is 0. The van der Waals surface area contributed by atoms with E-state index in [9.17, 15) is 5.11 Å². The summed E-state index contributed by atoms with van der Waals surface area (Å²) >= 11 is 0. The molecule has 1 heterocycles. The van der Waals surface area contributed by atoms with E-state index >= 15 is 0 Å². The van der Waals surface area contributed by atoms with Gasteiger partial charge in [-0.2, -0.15) is 0 Å². The zero-order chi connectivity index (χ0) is 9.80. The SMILES string of the molecule is O[C@H]1CCCC[C@H]1N1CCCCCC1. The van der Waals surface area contributed by atoms with Crippen LogP contribution in [0.5, 0.6) is 0 Å². The van der Waals surface area contributed by atoms with Gasteiger partial charge in [-0.05, 0) is 38.8 Å². The first kappa shape index (κ1) is 10.4. The molecule has 1 saturated heterocycles. The highest BCUT2D eigenvalue weighted by molar-refractivity contribution is 4.83. The molecule has 1 saturated carbocycles. The molecule has 0 aromatic rings. The van der Waals surface area contributed by atoms with Gasteiger partial charge >= 0.3 is 0 Å². The van der Waals surface area contributed by atoms with Gasteiger partial charge in [0.1, 0.15) is 0 Å². The van der Waals surface area contributed by atoms with Crippen molar-refractivity contribution in [1.82, 2.24) is 4.90 Å². The Morgan fingerprint density at radius 3 is 2.07 bits per heavy atom. The Labute approximate surface area is 87.3 Å². The van der Waals surface area contributed by atoms with Crippen LogP contribution in [-0.4, -0.2) is 35.2 Å². The Kier molecular flexibility index (Phi) is 3.82. The number of rotatable bonds is 1. The molecule has 2 fully saturated rings. The quantitative estimate of drug-likeness (QED) is 0.696. The lowest BCUT2D eigenvalue weighted by Crippen LogP contribution is -2.45. The van der Waals surface area contributed by atoms with Crippen LogP contribution in [0.25, 0.3) is 0 Å². The summed E-state index contributed by atoms with van der Waals surface area (Å²) in [6.45, 7) is 2.45. The molecule has 1 aliphatic heterocycles. The molecule has 0 amide bonds. The summed E-state index contributed by atoms with van der Waals surface area (Å²) in [6.07, 6.45) is 10.2. The van der Waals surface area contributed by atoms with E-state index in [1.54, 1.807) is 0 Å². The standard InChI is InChI=1S/C12H23NO/c14-12-8-4-3-7-11(12)13-9-5-1-2-6-10-13/h11-12,14H,1-10H2/t11-,12+/m1/s1. The Balaban J connectivity index is 1.90. The van der Waals surface area contributed by atoms with E-state index in [0.29, 0.717) is 6.04 Å². The number of hydrogen-bond acceptors (Lipinski definition) is 2. The number of likely N-dealkylation sites (tertiary alicyclic amines) is 1. The van der Waals surface area contributed by atoms with Crippen molar-refractivity contribution in [3.63, 3.8) is 0 Å². The van der Waals surface area contributed by atoms with Crippen molar-refractivity contribution in [3.8, 4) is 0 Å². The van der Waals surface area contributed by atoms with Crippen molar-refractivity contribution in [2.24, 2.45) is 0 Å². The molecular formula is C12H23NO. The van der Waals surface area contributed by atoms with Crippen LogP contribution in [0.4, 0.5) is 0 Å². The second-order valence-corrected chi connectivity index (χ2v) is 4.87. The van der Waals surface area contributed by atoms with E-state index < -0.39 is 0 Å². The molecular weight excluding hydrogens is 174 g/mol. The second kappa shape index (κ2) is 5.13. The molecule has 0 aromatic heterocycles. The van der Waals surface area contributed by atoms with E-state index in [4.69, 9.17) is 0 Å². The maximum atomic E-state index is 9.97. The Bertz CT molecular complexity index is 164. The highest BCUT2D eigenvalue weighted by atomic mass is 16.3. The molecule has 14 heavy (non-hydrogen) atoms. The van der Waals surface area contributed by atoms with Crippen LogP contribution in [0.15, 0.2) is 0 Å². The van der Waals surface area contributed by atoms with Crippen LogP contribution in [0.3, 0.4) is 0 Å². The Hall–Kier alpha value is -0.0800. The fraction of sp³-hybridized carbons (Fsp3) is 1.00. The maximum absolute atomic E-state index is 9.97. The smallest absolute Gasteiger partial charge is 0.0695 e. The van der Waals surface area contributed by atoms with Gasteiger partial charge in [-0.25, -0.2) is 0 Å². The summed E-state index contributed by atoms with van der Waals surface area (Å²) in [5.41, 5.74) is 0. The number of aliphatic hydroxyl groups excluding tert-OH is 1. The number of aliphatic hydroxyl groups is 1. The molecule has 2 aliphatic rings. The fourth-order valence-electron chi connectivity index (χ4n) is 2.94. The third kappa shape index (κ3) is 2.48. The van der Waals surface area contributed by atoms with Crippen molar-refractivity contribution in [2.45, 2.75) is 63.5 Å². The van der Waals surface area contributed by atoms with Gasteiger partial charge in [0.25, 0.3) is 0 Å². The van der Waals surface area contributed by atoms with E-state index in [-0.39, 0.29) is 6.10 Å². The van der Waals surface area contributed by atoms with Crippen molar-refractivity contribution in [2.75, 3.05) is 13.1 Å². The third-order valence-electron chi connectivity index (χ3n) is 3.80. The van der Waals surface area contributed by atoms with Gasteiger partial charge in [-0.3, -0.25) is 4.90 Å². The highest BCUT2D eigenvalue weighted by Crippen LogP contribution is 2.25. The fourth-order valence-corrected chi connectivity index (χ4v) is 2.94. The number of nitrogens with zero attached hydrogens (tertiary/aromatic N) is 1. The van der Waals surface area contributed by atoms with Crippen LogP contribution in [-0.2, 0) is 0 Å². The van der Waals surface area contributed by atoms with Gasteiger partial charge < -0.3 is 5.11 Å². The van der Waals surface area contributed by atoms with E-state index in [1.807, 2.05) is 0 Å². The lowest BCUT2D eigenvalue weighted by Gasteiger charge is -2.37. The zero-order valence-corrected chi connectivity index (χ0v) is 9.12. The molecule has 2 nitrogen and oxygen atoms in total. The summed E-state index contributed by atoms with van der Waals surface area (Å²) in [5, 5.41) is 9.97. The molecule has 0 unspecified atom stereocenters. The monoisotopic (exact) mass is 197 g/mol. The minimum atomic E-state index is -0.0400. The van der Waals surface area contributed by atoms with Crippen LogP contribution < -0.4 is 0 Å². The molecule has 2 heteroatoms. The van der Waals surface area contributed by atoms with Crippen molar-refractivity contribution < 1.29 is 5.11 Å². The average Bonchev–Trinajstić information content (AvgIpc) is 2.47. The Morgan fingerprint density at radius 2 is 1.43 bits per heavy atom. The first-order valence-electron chi connectivity index (χ1n) is 6.30. The van der Waals surface area contributed by atoms with E-state index in [0.717, 1.165) is 6.42 Å². The molecule has 0 spiro atoms. The van der Waals surface area contributed by atoms with Gasteiger partial charge in [0.2, 0.25) is 0 Å². The molecule has 2 atom stereocenters. The van der Waals surface area contributed by atoms with Gasteiger partial charge in [-0.1, -0.05) is 25.7 Å². The zero-order valence-electron chi connectivity index (χ0n) is 9.12. The van der Waals surface area contributed by atoms with Crippen LogP contribution in [0, 0.1) is 0 Å². The van der Waals surface area contributed by atoms with Gasteiger partial charge in [0.15, 0.2) is 0 Å². The minimum Gasteiger partial charge on any atom is -0.391 e. The number of hydrogen-bond donors (Lipinski definition) is 1. The topological polar surface area (TPSA) is 23.5 Å². The molecule has 0 bridgehead atoms. The lowest BCUT2D eigenvalue weighted by molar-refractivity contribution is 0.0214. The van der Waals surface area contributed by atoms with Gasteiger partial charge in [0.05, 0.1) is 6.10 Å². The largest absolute Gasteiger partial charge is 0.391 e. The lowest BCUT2D eigenvalue weighted by atomic mass is 9.91. The van der Waals surface area contributed by atoms with Gasteiger partial charge in [-0.15, -0.1) is 0 Å². The van der Waals surface area contributed by atoms with Crippen LogP contribution in [0.2, 0.25) is 0 Å². The van der Waals surface area contributed by atoms with Gasteiger partial charge in [0, 0.05) is 6.04 Å². The molecule has 1 aliphatic carbocycles. The average molecular weight is 197 g/mol. The molecule has 1 N–H and O–H groups in total. The van der Waals surface area contributed by atoms with Crippen molar-refractivity contribution >= 4 is 0 Å². The second-order valence-electron chi connectivity index (χ2n) is 4.87. The Morgan fingerprint density at radius 1 is 0.786 bits per heavy atom. The van der Waals surface area contributed by atoms with E-state index in [1.165, 1.54) is 58.0 Å². The van der Waals surface area contributed by atoms with Crippen molar-refractivity contribution in [1.29, 1.82) is 0 Å². The summed E-state index contributed by atoms with van der Waals surface area (Å²) in [6, 6.07) is 0.488. The first-order valence-corrected chi connectivity index (χ1v) is 6.30. The molecule has 0 radical (unpaired) electrons. The summed E-state index contributed by atoms with van der Waals surface area (Å²) in [4.78, 5) is 2.55. The molecule has 82 valence electrons. The maximum Gasteiger partial charge on any atom is 0.0695 e. The normalized spacial score (nSPS) is 36.6. The highest BCUT2D eigenvalue weighted by Gasteiger charge is 2.28. The predicted molar refractivity (Wildman–Crippen MR) is 58.3 cm³/mol. The molecule has 2 rings (SSSR count). The first-order chi connectivity index (χ1) is 6.88. The summed E-state index contributed by atoms with van der Waals surface area (Å²) in [7, 11) is 0. The minimum absolute atomic E-state index is 0.0400. The predicted octanol–water partition coefficient (Wildman–Crippen LogP) is 2.17. The van der Waals surface area contributed by atoms with Crippen molar-refractivity contribution in [3.05, 3.63) is 0 Å². The van der Waals surface area contributed by atoms with Crippen LogP contribution >= 0.6 is 0 Å². The summed E-state index contributed by atoms with van der Waals surface area (Å²) < 4.78 is 0.